The molecule has 7 amide bonds. The van der Waals surface area contributed by atoms with Gasteiger partial charge in [-0.05, 0) is 110 Å². The number of ether oxygens (including phenoxy) is 4. The van der Waals surface area contributed by atoms with Gasteiger partial charge in [-0.2, -0.15) is 0 Å². The van der Waals surface area contributed by atoms with E-state index in [1.165, 1.54) is 5.57 Å². The number of benzene rings is 1. The molecule has 2 heterocycles. The number of allylic oxidation sites excluding steroid dienone is 1. The summed E-state index contributed by atoms with van der Waals surface area (Å²) in [5, 5.41) is 29.6. The summed E-state index contributed by atoms with van der Waals surface area (Å²) in [6.07, 6.45) is 6.84. The number of alkyl carbamates (subject to hydrolysis) is 1. The maximum atomic E-state index is 14.1. The van der Waals surface area contributed by atoms with E-state index in [1.807, 2.05) is 58.0 Å². The second kappa shape index (κ2) is 27.5. The van der Waals surface area contributed by atoms with Crippen molar-refractivity contribution in [2.24, 2.45) is 22.7 Å². The van der Waals surface area contributed by atoms with Crippen LogP contribution in [-0.4, -0.2) is 140 Å². The number of aliphatic hydroxyl groups excluding tert-OH is 1. The molecule has 1 aromatic rings. The number of nitrogens with one attached hydrogen (secondary N) is 7. The van der Waals surface area contributed by atoms with Crippen LogP contribution in [0.1, 0.15) is 152 Å². The molecule has 19 heteroatoms. The fourth-order valence-electron chi connectivity index (χ4n) is 11.5. The lowest BCUT2D eigenvalue weighted by Gasteiger charge is -2.42. The number of hydrogen-bond acceptors (Lipinski definition) is 12. The summed E-state index contributed by atoms with van der Waals surface area (Å²) in [5.41, 5.74) is -0.737. The minimum absolute atomic E-state index is 0.0312. The van der Waals surface area contributed by atoms with Crippen LogP contribution in [0, 0.1) is 22.7 Å². The molecule has 1 aromatic carbocycles. The number of rotatable bonds is 28. The average Bonchev–Trinajstić information content (AvgIpc) is 4.31. The van der Waals surface area contributed by atoms with Gasteiger partial charge < -0.3 is 61.3 Å². The highest BCUT2D eigenvalue weighted by atomic mass is 16.6. The lowest BCUT2D eigenvalue weighted by atomic mass is 9.68. The number of methoxy groups -OCH3 is 1. The molecule has 426 valence electrons. The predicted molar refractivity (Wildman–Crippen MR) is 287 cm³/mol. The Hall–Kier alpha value is -5.11. The van der Waals surface area contributed by atoms with Crippen LogP contribution in [0.3, 0.4) is 0 Å². The van der Waals surface area contributed by atoms with Crippen molar-refractivity contribution in [2.45, 2.75) is 212 Å². The van der Waals surface area contributed by atoms with Crippen molar-refractivity contribution in [1.82, 2.24) is 37.2 Å². The maximum Gasteiger partial charge on any atom is 0.407 e. The smallest absolute Gasteiger partial charge is 0.407 e. The van der Waals surface area contributed by atoms with Gasteiger partial charge in [0.1, 0.15) is 35.5 Å². The molecule has 1 spiro atoms. The monoisotopic (exact) mass is 1070 g/mol. The van der Waals surface area contributed by atoms with E-state index in [2.05, 4.69) is 64.1 Å². The van der Waals surface area contributed by atoms with E-state index in [1.54, 1.807) is 27.9 Å². The van der Waals surface area contributed by atoms with Crippen molar-refractivity contribution in [2.75, 3.05) is 33.4 Å². The lowest BCUT2D eigenvalue weighted by Crippen LogP contribution is -2.57. The van der Waals surface area contributed by atoms with Crippen LogP contribution in [0.25, 0.3) is 0 Å². The maximum absolute atomic E-state index is 14.1. The van der Waals surface area contributed by atoms with Gasteiger partial charge in [-0.25, -0.2) is 4.79 Å². The molecule has 8 N–H and O–H groups in total. The standard InChI is InChI=1S/C57H91N7O12/c1-12-26-55(9,52(71)59-30-37(7)65)33-54(8,13-2)51(70)60-32-46(67)63-42(29-38-17-15-14-16-18-38)50(69)64-41(28-36(5)6)49(68)58-31-45(66)61-39-20-22-40(23-21-39)62-53(72)75-43-25-27-57(34-74-57)48(47(43)73-11)56(10)44(76-56)24-19-35(3)4/h14-19,36-37,39-44,47-48,65H,12-13,20-34H2,1-11H3,(H,58,68)(H,59,71)(H,60,70)(H,61,66)(H,62,72)(H,63,67)(H,64,69)/t37?,39?,40?,41-,42-,43+,44+,47+,48+,54?,55?,56-,57-/m0/s1. The second-order valence-electron chi connectivity index (χ2n) is 23.4. The molecule has 76 heavy (non-hydrogen) atoms. The van der Waals surface area contributed by atoms with Crippen molar-refractivity contribution in [3.05, 3.63) is 47.5 Å². The molecule has 4 fully saturated rings. The number of carbonyl (C=O) groups is 7. The average molecular weight is 1070 g/mol. The summed E-state index contributed by atoms with van der Waals surface area (Å²) < 4.78 is 24.5. The molecule has 4 aliphatic rings. The fraction of sp³-hybridized carbons (Fsp3) is 0.737. The topological polar surface area (TPSA) is 267 Å². The summed E-state index contributed by atoms with van der Waals surface area (Å²) in [4.78, 5) is 95.0. The molecule has 0 radical (unpaired) electrons. The molecule has 0 bridgehead atoms. The van der Waals surface area contributed by atoms with E-state index in [0.717, 1.165) is 18.4 Å². The third-order valence-corrected chi connectivity index (χ3v) is 16.0. The Morgan fingerprint density at radius 1 is 0.829 bits per heavy atom. The summed E-state index contributed by atoms with van der Waals surface area (Å²) >= 11 is 0. The van der Waals surface area contributed by atoms with Crippen LogP contribution in [0.15, 0.2) is 42.0 Å². The quantitative estimate of drug-likeness (QED) is 0.0415. The first-order valence-corrected chi connectivity index (χ1v) is 27.8. The van der Waals surface area contributed by atoms with Crippen molar-refractivity contribution >= 4 is 41.5 Å². The molecule has 2 saturated carbocycles. The Balaban J connectivity index is 1.10. The van der Waals surface area contributed by atoms with Crippen LogP contribution in [0.2, 0.25) is 0 Å². The van der Waals surface area contributed by atoms with Gasteiger partial charge in [0.15, 0.2) is 0 Å². The van der Waals surface area contributed by atoms with Crippen LogP contribution < -0.4 is 37.2 Å². The number of amides is 7. The summed E-state index contributed by atoms with van der Waals surface area (Å²) in [6.45, 7) is 18.9. The van der Waals surface area contributed by atoms with Gasteiger partial charge in [-0.3, -0.25) is 28.8 Å². The van der Waals surface area contributed by atoms with Crippen molar-refractivity contribution in [3.63, 3.8) is 0 Å². The number of epoxide rings is 2. The van der Waals surface area contributed by atoms with Crippen molar-refractivity contribution in [1.29, 1.82) is 0 Å². The van der Waals surface area contributed by atoms with Gasteiger partial charge in [0.2, 0.25) is 35.4 Å². The highest BCUT2D eigenvalue weighted by Gasteiger charge is 2.72. The molecule has 19 nitrogen and oxygen atoms in total. The molecular weight excluding hydrogens is 975 g/mol. The number of hydrogen-bond donors (Lipinski definition) is 8. The summed E-state index contributed by atoms with van der Waals surface area (Å²) in [7, 11) is 1.65. The first-order valence-electron chi connectivity index (χ1n) is 27.8. The van der Waals surface area contributed by atoms with Crippen LogP contribution in [-0.2, 0) is 54.1 Å². The van der Waals surface area contributed by atoms with Crippen molar-refractivity contribution < 1.29 is 57.6 Å². The minimum Gasteiger partial charge on any atom is -0.443 e. The predicted octanol–water partition coefficient (Wildman–Crippen LogP) is 4.82. The SMILES string of the molecule is CCCC(C)(CC(C)(CC)C(=O)NCC(=O)N[C@@H](Cc1ccccc1)C(=O)N[C@@H](CC(C)C)C(=O)NCC(=O)NC1CCC(NC(=O)O[C@@H]2CC[C@]3(CO3)[C@@H]([C@@]3(C)O[C@@H]3CC=C(C)C)[C@@H]2OC)CC1)C(=O)NCC(C)O. The Morgan fingerprint density at radius 2 is 1.46 bits per heavy atom. The third kappa shape index (κ3) is 17.2. The van der Waals surface area contributed by atoms with Crippen LogP contribution in [0.4, 0.5) is 4.79 Å². The molecule has 5 rings (SSSR count). The Kier molecular flexibility index (Phi) is 22.3. The summed E-state index contributed by atoms with van der Waals surface area (Å²) in [6, 6.07) is 6.59. The van der Waals surface area contributed by atoms with E-state index in [4.69, 9.17) is 18.9 Å². The Morgan fingerprint density at radius 3 is 2.04 bits per heavy atom. The first-order chi connectivity index (χ1) is 35.9. The van der Waals surface area contributed by atoms with Gasteiger partial charge in [0, 0.05) is 43.0 Å². The largest absolute Gasteiger partial charge is 0.443 e. The zero-order valence-corrected chi connectivity index (χ0v) is 47.2. The van der Waals surface area contributed by atoms with Crippen molar-refractivity contribution in [3.8, 4) is 0 Å². The molecular formula is C57H91N7O12. The van der Waals surface area contributed by atoms with Crippen LogP contribution >= 0.6 is 0 Å². The van der Waals surface area contributed by atoms with E-state index < -0.39 is 89.0 Å². The highest BCUT2D eigenvalue weighted by molar-refractivity contribution is 5.95. The summed E-state index contributed by atoms with van der Waals surface area (Å²) in [5.74, 6) is -2.99. The first kappa shape index (κ1) is 61.7. The molecule has 2 aliphatic heterocycles. The lowest BCUT2D eigenvalue weighted by molar-refractivity contribution is -0.139. The van der Waals surface area contributed by atoms with Gasteiger partial charge in [-0.15, -0.1) is 0 Å². The van der Waals surface area contributed by atoms with Gasteiger partial charge in [0.05, 0.1) is 37.8 Å². The zero-order valence-electron chi connectivity index (χ0n) is 47.2. The third-order valence-electron chi connectivity index (χ3n) is 16.0. The molecule has 2 saturated heterocycles. The van der Waals surface area contributed by atoms with Gasteiger partial charge in [-0.1, -0.05) is 89.9 Å². The molecule has 2 aliphatic carbocycles. The molecule has 3 unspecified atom stereocenters. The fourth-order valence-corrected chi connectivity index (χ4v) is 11.5. The normalized spacial score (nSPS) is 27.4. The van der Waals surface area contributed by atoms with E-state index in [-0.39, 0.29) is 73.9 Å². The van der Waals surface area contributed by atoms with Gasteiger partial charge in [0.25, 0.3) is 0 Å². The van der Waals surface area contributed by atoms with Gasteiger partial charge >= 0.3 is 6.09 Å². The zero-order chi connectivity index (χ0) is 56.0. The van der Waals surface area contributed by atoms with E-state index >= 15 is 0 Å². The number of carbonyl (C=O) groups excluding carboxylic acids is 7. The highest BCUT2D eigenvalue weighted by Crippen LogP contribution is 2.59. The van der Waals surface area contributed by atoms with E-state index in [9.17, 15) is 38.7 Å². The second-order valence-corrected chi connectivity index (χ2v) is 23.4. The number of aliphatic hydroxyl groups is 1. The Labute approximate surface area is 451 Å². The molecule has 0 aromatic heterocycles. The van der Waals surface area contributed by atoms with Crippen LogP contribution in [0.5, 0.6) is 0 Å². The molecule has 11 atom stereocenters. The Bertz CT molecular complexity index is 2180. The van der Waals surface area contributed by atoms with E-state index in [0.29, 0.717) is 58.0 Å². The minimum atomic E-state index is -1.13.